The number of rotatable bonds is 2. The van der Waals surface area contributed by atoms with Crippen LogP contribution < -0.4 is 11.1 Å². The number of hydrogen-bond donors (Lipinski definition) is 3. The molecule has 0 fully saturated rings. The molecule has 1 aromatic rings. The van der Waals surface area contributed by atoms with Crippen LogP contribution in [-0.4, -0.2) is 5.87 Å². The van der Waals surface area contributed by atoms with Crippen molar-refractivity contribution in [2.45, 2.75) is 5.92 Å². The fraction of sp³-hybridized carbons (Fsp3) is 0.0625. The highest BCUT2D eigenvalue weighted by atomic mass is 15.0. The normalized spacial score (nSPS) is 16.7. The summed E-state index contributed by atoms with van der Waals surface area (Å²) < 4.78 is 0. The molecular formula is C16H10N6. The predicted molar refractivity (Wildman–Crippen MR) is 78.6 cm³/mol. The van der Waals surface area contributed by atoms with E-state index in [4.69, 9.17) is 16.4 Å². The molecule has 0 saturated heterocycles. The topological polar surface area (TPSA) is 133 Å². The van der Waals surface area contributed by atoms with Crippen molar-refractivity contribution >= 4 is 5.87 Å². The summed E-state index contributed by atoms with van der Waals surface area (Å²) in [5, 5.41) is 37.8. The highest BCUT2D eigenvalue weighted by Gasteiger charge is 2.32. The zero-order valence-corrected chi connectivity index (χ0v) is 11.4. The molecule has 0 radical (unpaired) electrons. The van der Waals surface area contributed by atoms with Gasteiger partial charge in [-0.15, -0.1) is 0 Å². The first-order chi connectivity index (χ1) is 10.7. The van der Waals surface area contributed by atoms with Gasteiger partial charge in [0, 0.05) is 0 Å². The Morgan fingerprint density at radius 3 is 2.23 bits per heavy atom. The van der Waals surface area contributed by atoms with Gasteiger partial charge < -0.3 is 11.1 Å². The standard InChI is InChI=1S/C16H10N6/c17-6-11(7-18)15-12(8-19)14(10-4-2-1-3-5-10)13(9-20)16(21)22-15/h1-5,14,17,22H,21H2. The second-order valence-corrected chi connectivity index (χ2v) is 4.42. The van der Waals surface area contributed by atoms with Gasteiger partial charge >= 0.3 is 0 Å². The molecule has 0 amide bonds. The number of benzene rings is 1. The highest BCUT2D eigenvalue weighted by molar-refractivity contribution is 5.72. The van der Waals surface area contributed by atoms with Crippen LogP contribution in [0.4, 0.5) is 0 Å². The van der Waals surface area contributed by atoms with Gasteiger partial charge in [0.25, 0.3) is 0 Å². The Balaban J connectivity index is 2.77. The number of hydrogen-bond acceptors (Lipinski definition) is 6. The van der Waals surface area contributed by atoms with Crippen molar-refractivity contribution in [2.75, 3.05) is 0 Å². The molecule has 4 N–H and O–H groups in total. The number of nitrogens with zero attached hydrogens (tertiary/aromatic N) is 3. The van der Waals surface area contributed by atoms with Gasteiger partial charge in [-0.3, -0.25) is 5.41 Å². The molecule has 0 aromatic heterocycles. The smallest absolute Gasteiger partial charge is 0.137 e. The molecule has 0 aliphatic carbocycles. The molecule has 22 heavy (non-hydrogen) atoms. The monoisotopic (exact) mass is 286 g/mol. The second kappa shape index (κ2) is 6.11. The van der Waals surface area contributed by atoms with E-state index >= 15 is 0 Å². The molecule has 104 valence electrons. The van der Waals surface area contributed by atoms with Gasteiger partial charge in [-0.05, 0) is 11.4 Å². The molecule has 6 nitrogen and oxygen atoms in total. The summed E-state index contributed by atoms with van der Waals surface area (Å²) >= 11 is 0. The summed E-state index contributed by atoms with van der Waals surface area (Å²) in [5.74, 6) is 1.37. The number of nitrogens with two attached hydrogens (primary N) is 1. The molecule has 0 saturated carbocycles. The summed E-state index contributed by atoms with van der Waals surface area (Å²) in [7, 11) is 0. The zero-order valence-electron chi connectivity index (χ0n) is 11.4. The Kier molecular flexibility index (Phi) is 4.06. The van der Waals surface area contributed by atoms with Crippen molar-refractivity contribution in [3.63, 3.8) is 0 Å². The van der Waals surface area contributed by atoms with E-state index < -0.39 is 5.92 Å². The van der Waals surface area contributed by atoms with Crippen LogP contribution in [0, 0.1) is 39.4 Å². The van der Waals surface area contributed by atoms with Crippen molar-refractivity contribution in [3.05, 3.63) is 64.1 Å². The van der Waals surface area contributed by atoms with Crippen LogP contribution >= 0.6 is 0 Å². The van der Waals surface area contributed by atoms with E-state index in [1.807, 2.05) is 24.1 Å². The van der Waals surface area contributed by atoms with E-state index in [1.54, 1.807) is 30.3 Å². The Bertz CT molecular complexity index is 849. The summed E-state index contributed by atoms with van der Waals surface area (Å²) in [6, 6.07) is 14.8. The fourth-order valence-corrected chi connectivity index (χ4v) is 2.28. The molecule has 0 spiro atoms. The maximum absolute atomic E-state index is 9.50. The summed E-state index contributed by atoms with van der Waals surface area (Å²) in [4.78, 5) is 0. The lowest BCUT2D eigenvalue weighted by atomic mass is 9.81. The molecule has 1 aliphatic rings. The first-order valence-electron chi connectivity index (χ1n) is 6.24. The van der Waals surface area contributed by atoms with E-state index in [2.05, 4.69) is 5.32 Å². The number of allylic oxidation sites excluding steroid dienone is 3. The minimum atomic E-state index is -0.677. The summed E-state index contributed by atoms with van der Waals surface area (Å²) in [5.41, 5.74) is 6.91. The molecule has 2 rings (SSSR count). The average Bonchev–Trinajstić information content (AvgIpc) is 2.56. The third-order valence-electron chi connectivity index (χ3n) is 3.26. The Hall–Kier alpha value is -3.78. The van der Waals surface area contributed by atoms with Crippen molar-refractivity contribution in [1.82, 2.24) is 5.32 Å². The second-order valence-electron chi connectivity index (χ2n) is 4.42. The van der Waals surface area contributed by atoms with Crippen molar-refractivity contribution < 1.29 is 0 Å². The largest absolute Gasteiger partial charge is 0.384 e. The first kappa shape index (κ1) is 14.6. The van der Waals surface area contributed by atoms with Gasteiger partial charge in [0.05, 0.1) is 34.9 Å². The molecule has 0 bridgehead atoms. The van der Waals surface area contributed by atoms with Crippen LogP contribution in [0.25, 0.3) is 0 Å². The Morgan fingerprint density at radius 2 is 1.73 bits per heavy atom. The quantitative estimate of drug-likeness (QED) is 0.560. The third-order valence-corrected chi connectivity index (χ3v) is 3.26. The maximum Gasteiger partial charge on any atom is 0.137 e. The van der Waals surface area contributed by atoms with Gasteiger partial charge in [0.15, 0.2) is 0 Å². The van der Waals surface area contributed by atoms with Crippen LogP contribution in [0.3, 0.4) is 0 Å². The summed E-state index contributed by atoms with van der Waals surface area (Å²) in [6.07, 6.45) is 0. The van der Waals surface area contributed by atoms with Gasteiger partial charge in [-0.25, -0.2) is 0 Å². The molecule has 1 heterocycles. The molecule has 6 heteroatoms. The SMILES string of the molecule is N#CC(=C=N)C1=C(C#N)C(c2ccccc2)C(C#N)=C(N)N1. The van der Waals surface area contributed by atoms with E-state index in [-0.39, 0.29) is 28.2 Å². The van der Waals surface area contributed by atoms with Gasteiger partial charge in [-0.1, -0.05) is 30.3 Å². The van der Waals surface area contributed by atoms with Crippen molar-refractivity contribution in [3.8, 4) is 18.2 Å². The van der Waals surface area contributed by atoms with Crippen LogP contribution in [0.2, 0.25) is 0 Å². The minimum Gasteiger partial charge on any atom is -0.384 e. The van der Waals surface area contributed by atoms with Crippen LogP contribution in [0.5, 0.6) is 0 Å². The summed E-state index contributed by atoms with van der Waals surface area (Å²) in [6.45, 7) is 0. The van der Waals surface area contributed by atoms with Crippen LogP contribution in [0.1, 0.15) is 11.5 Å². The first-order valence-corrected chi connectivity index (χ1v) is 6.24. The fourth-order valence-electron chi connectivity index (χ4n) is 2.28. The Labute approximate surface area is 127 Å². The average molecular weight is 286 g/mol. The number of nitrogens with one attached hydrogen (secondary N) is 2. The van der Waals surface area contributed by atoms with Crippen LogP contribution in [0.15, 0.2) is 58.6 Å². The number of nitriles is 3. The lowest BCUT2D eigenvalue weighted by Crippen LogP contribution is -2.31. The van der Waals surface area contributed by atoms with Crippen molar-refractivity contribution in [2.24, 2.45) is 5.73 Å². The Morgan fingerprint density at radius 1 is 1.09 bits per heavy atom. The zero-order chi connectivity index (χ0) is 16.1. The van der Waals surface area contributed by atoms with E-state index in [0.717, 1.165) is 0 Å². The molecule has 1 unspecified atom stereocenters. The van der Waals surface area contributed by atoms with Gasteiger partial charge in [0.2, 0.25) is 0 Å². The number of dihydropyridines is 1. The third kappa shape index (κ3) is 2.32. The van der Waals surface area contributed by atoms with Crippen molar-refractivity contribution in [1.29, 1.82) is 21.2 Å². The molecule has 1 atom stereocenters. The predicted octanol–water partition coefficient (Wildman–Crippen LogP) is 1.54. The molecular weight excluding hydrogens is 276 g/mol. The maximum atomic E-state index is 9.50. The molecule has 1 aromatic carbocycles. The van der Waals surface area contributed by atoms with E-state index in [1.165, 1.54) is 0 Å². The lowest BCUT2D eigenvalue weighted by Gasteiger charge is -2.26. The van der Waals surface area contributed by atoms with Gasteiger partial charge in [-0.2, -0.15) is 15.8 Å². The minimum absolute atomic E-state index is 0.0633. The highest BCUT2D eigenvalue weighted by Crippen LogP contribution is 2.37. The lowest BCUT2D eigenvalue weighted by molar-refractivity contribution is 0.816. The van der Waals surface area contributed by atoms with E-state index in [9.17, 15) is 10.5 Å². The van der Waals surface area contributed by atoms with Gasteiger partial charge in [0.1, 0.15) is 17.5 Å². The van der Waals surface area contributed by atoms with E-state index in [0.29, 0.717) is 5.56 Å². The van der Waals surface area contributed by atoms with Crippen LogP contribution in [-0.2, 0) is 0 Å². The molecule has 1 aliphatic heterocycles.